The lowest BCUT2D eigenvalue weighted by Crippen LogP contribution is -1.96. The third-order valence-corrected chi connectivity index (χ3v) is 3.57. The lowest BCUT2D eigenvalue weighted by molar-refractivity contribution is 0.317. The molecule has 0 saturated heterocycles. The molecule has 2 rings (SSSR count). The van der Waals surface area contributed by atoms with E-state index in [2.05, 4.69) is 10.5 Å². The zero-order valence-corrected chi connectivity index (χ0v) is 14.5. The Labute approximate surface area is 146 Å². The number of anilines is 1. The summed E-state index contributed by atoms with van der Waals surface area (Å²) in [5.41, 5.74) is 4.54. The zero-order chi connectivity index (χ0) is 16.7. The number of halogens is 2. The lowest BCUT2D eigenvalue weighted by Gasteiger charge is -2.07. The number of hydrogen-bond donors (Lipinski definition) is 1. The van der Waals surface area contributed by atoms with E-state index >= 15 is 0 Å². The van der Waals surface area contributed by atoms with E-state index in [1.54, 1.807) is 31.5 Å². The average Bonchev–Trinajstić information content (AvgIpc) is 2.54. The van der Waals surface area contributed by atoms with Crippen LogP contribution in [0.1, 0.15) is 18.9 Å². The van der Waals surface area contributed by atoms with Crippen molar-refractivity contribution < 1.29 is 9.47 Å². The van der Waals surface area contributed by atoms with Crippen LogP contribution in [0, 0.1) is 0 Å². The molecule has 0 atom stereocenters. The summed E-state index contributed by atoms with van der Waals surface area (Å²) in [4.78, 5) is 0. The molecule has 0 spiro atoms. The second-order valence-electron chi connectivity index (χ2n) is 4.76. The van der Waals surface area contributed by atoms with Crippen LogP contribution in [0.2, 0.25) is 10.0 Å². The predicted molar refractivity (Wildman–Crippen MR) is 96.5 cm³/mol. The van der Waals surface area contributed by atoms with E-state index in [1.165, 1.54) is 0 Å². The highest BCUT2D eigenvalue weighted by Gasteiger charge is 2.02. The Kier molecular flexibility index (Phi) is 6.56. The standard InChI is InChI=1S/C17H18Cl2N2O2/c1-3-8-23-17-6-4-12(9-14(17)18)11-20-21-13-5-7-16(22-2)15(19)10-13/h4-7,9-11,21H,3,8H2,1-2H3/b20-11+. The molecule has 2 aromatic rings. The monoisotopic (exact) mass is 352 g/mol. The van der Waals surface area contributed by atoms with Crippen LogP contribution in [0.25, 0.3) is 0 Å². The highest BCUT2D eigenvalue weighted by Crippen LogP contribution is 2.27. The van der Waals surface area contributed by atoms with Crippen LogP contribution in [-0.2, 0) is 0 Å². The van der Waals surface area contributed by atoms with Gasteiger partial charge in [-0.3, -0.25) is 5.43 Å². The Balaban J connectivity index is 2.00. The molecule has 23 heavy (non-hydrogen) atoms. The van der Waals surface area contributed by atoms with E-state index in [0.717, 1.165) is 17.7 Å². The van der Waals surface area contributed by atoms with E-state index in [0.29, 0.717) is 28.2 Å². The highest BCUT2D eigenvalue weighted by molar-refractivity contribution is 6.32. The first-order chi connectivity index (χ1) is 11.1. The van der Waals surface area contributed by atoms with Crippen molar-refractivity contribution in [3.05, 3.63) is 52.0 Å². The molecule has 0 heterocycles. The maximum absolute atomic E-state index is 6.18. The second kappa shape index (κ2) is 8.65. The summed E-state index contributed by atoms with van der Waals surface area (Å²) in [5.74, 6) is 1.30. The molecule has 4 nitrogen and oxygen atoms in total. The molecule has 122 valence electrons. The Morgan fingerprint density at radius 1 is 1.09 bits per heavy atom. The van der Waals surface area contributed by atoms with Gasteiger partial charge in [0.15, 0.2) is 0 Å². The summed E-state index contributed by atoms with van der Waals surface area (Å²) >= 11 is 12.2. The maximum atomic E-state index is 6.18. The molecule has 6 heteroatoms. The molecule has 0 amide bonds. The van der Waals surface area contributed by atoms with Gasteiger partial charge in [-0.2, -0.15) is 5.10 Å². The second-order valence-corrected chi connectivity index (χ2v) is 5.57. The fourth-order valence-corrected chi connectivity index (χ4v) is 2.34. The van der Waals surface area contributed by atoms with Gasteiger partial charge in [-0.05, 0) is 48.4 Å². The van der Waals surface area contributed by atoms with E-state index in [9.17, 15) is 0 Å². The first-order valence-corrected chi connectivity index (χ1v) is 7.94. The van der Waals surface area contributed by atoms with Crippen LogP contribution in [0.3, 0.4) is 0 Å². The molecule has 1 N–H and O–H groups in total. The summed E-state index contributed by atoms with van der Waals surface area (Å²) in [6.07, 6.45) is 2.61. The van der Waals surface area contributed by atoms with Gasteiger partial charge in [0.1, 0.15) is 11.5 Å². The van der Waals surface area contributed by atoms with Crippen molar-refractivity contribution in [3.8, 4) is 11.5 Å². The minimum atomic E-state index is 0.521. The molecule has 0 bridgehead atoms. The summed E-state index contributed by atoms with van der Waals surface area (Å²) in [5, 5.41) is 5.25. The molecule has 0 saturated carbocycles. The number of rotatable bonds is 7. The van der Waals surface area contributed by atoms with Crippen molar-refractivity contribution in [1.82, 2.24) is 0 Å². The van der Waals surface area contributed by atoms with Crippen LogP contribution in [-0.4, -0.2) is 19.9 Å². The van der Waals surface area contributed by atoms with Gasteiger partial charge in [0, 0.05) is 0 Å². The fourth-order valence-electron chi connectivity index (χ4n) is 1.84. The number of nitrogens with one attached hydrogen (secondary N) is 1. The zero-order valence-electron chi connectivity index (χ0n) is 13.0. The molecule has 2 aromatic carbocycles. The van der Waals surface area contributed by atoms with Gasteiger partial charge >= 0.3 is 0 Å². The van der Waals surface area contributed by atoms with Gasteiger partial charge < -0.3 is 9.47 Å². The predicted octanol–water partition coefficient (Wildman–Crippen LogP) is 5.24. The van der Waals surface area contributed by atoms with Crippen LogP contribution in [0.15, 0.2) is 41.5 Å². The number of hydrazone groups is 1. The Morgan fingerprint density at radius 2 is 1.83 bits per heavy atom. The quantitative estimate of drug-likeness (QED) is 0.547. The smallest absolute Gasteiger partial charge is 0.137 e. The lowest BCUT2D eigenvalue weighted by atomic mass is 10.2. The van der Waals surface area contributed by atoms with Gasteiger partial charge in [0.05, 0.1) is 35.7 Å². The molecule has 0 aromatic heterocycles. The van der Waals surface area contributed by atoms with Crippen molar-refractivity contribution in [3.63, 3.8) is 0 Å². The Hall–Kier alpha value is -1.91. The van der Waals surface area contributed by atoms with Gasteiger partial charge in [0.2, 0.25) is 0 Å². The number of ether oxygens (including phenoxy) is 2. The van der Waals surface area contributed by atoms with Crippen LogP contribution >= 0.6 is 23.2 Å². The van der Waals surface area contributed by atoms with E-state index in [4.69, 9.17) is 32.7 Å². The van der Waals surface area contributed by atoms with E-state index in [1.807, 2.05) is 25.1 Å². The third-order valence-electron chi connectivity index (χ3n) is 2.98. The Morgan fingerprint density at radius 3 is 2.48 bits per heavy atom. The molecular weight excluding hydrogens is 335 g/mol. The van der Waals surface area contributed by atoms with Gasteiger partial charge in [0.25, 0.3) is 0 Å². The minimum absolute atomic E-state index is 0.521. The Bertz CT molecular complexity index is 690. The topological polar surface area (TPSA) is 42.8 Å². The molecule has 0 fully saturated rings. The molecule has 0 aliphatic carbocycles. The van der Waals surface area contributed by atoms with Crippen molar-refractivity contribution in [2.75, 3.05) is 19.1 Å². The molecular formula is C17H18Cl2N2O2. The SMILES string of the molecule is CCCOc1ccc(/C=N/Nc2ccc(OC)c(Cl)c2)cc1Cl. The normalized spacial score (nSPS) is 10.8. The van der Waals surface area contributed by atoms with Crippen LogP contribution in [0.4, 0.5) is 5.69 Å². The molecule has 0 radical (unpaired) electrons. The number of hydrogen-bond acceptors (Lipinski definition) is 4. The van der Waals surface area contributed by atoms with Crippen LogP contribution in [0.5, 0.6) is 11.5 Å². The maximum Gasteiger partial charge on any atom is 0.137 e. The number of methoxy groups -OCH3 is 1. The van der Waals surface area contributed by atoms with Gasteiger partial charge in [-0.15, -0.1) is 0 Å². The largest absolute Gasteiger partial charge is 0.495 e. The summed E-state index contributed by atoms with van der Waals surface area (Å²) in [7, 11) is 1.57. The van der Waals surface area contributed by atoms with Crippen molar-refractivity contribution in [2.45, 2.75) is 13.3 Å². The number of benzene rings is 2. The summed E-state index contributed by atoms with van der Waals surface area (Å²) < 4.78 is 10.6. The average molecular weight is 353 g/mol. The van der Waals surface area contributed by atoms with Crippen molar-refractivity contribution in [2.24, 2.45) is 5.10 Å². The fraction of sp³-hybridized carbons (Fsp3) is 0.235. The highest BCUT2D eigenvalue weighted by atomic mass is 35.5. The molecule has 0 unspecified atom stereocenters. The van der Waals surface area contributed by atoms with E-state index < -0.39 is 0 Å². The first kappa shape index (κ1) is 17.4. The van der Waals surface area contributed by atoms with Crippen LogP contribution < -0.4 is 14.9 Å². The minimum Gasteiger partial charge on any atom is -0.495 e. The van der Waals surface area contributed by atoms with Crippen molar-refractivity contribution >= 4 is 35.1 Å². The van der Waals surface area contributed by atoms with E-state index in [-0.39, 0.29) is 0 Å². The first-order valence-electron chi connectivity index (χ1n) is 7.19. The third kappa shape index (κ3) is 5.05. The van der Waals surface area contributed by atoms with Crippen molar-refractivity contribution in [1.29, 1.82) is 0 Å². The number of nitrogens with zero attached hydrogens (tertiary/aromatic N) is 1. The van der Waals surface area contributed by atoms with Gasteiger partial charge in [-0.1, -0.05) is 30.1 Å². The van der Waals surface area contributed by atoms with Gasteiger partial charge in [-0.25, -0.2) is 0 Å². The molecule has 0 aliphatic heterocycles. The molecule has 0 aliphatic rings. The summed E-state index contributed by atoms with van der Waals surface area (Å²) in [6, 6.07) is 10.9. The summed E-state index contributed by atoms with van der Waals surface area (Å²) in [6.45, 7) is 2.69.